The zero-order valence-electron chi connectivity index (χ0n) is 6.81. The smallest absolute Gasteiger partial charge is 0.222 e. The molecule has 0 aromatic carbocycles. The predicted molar refractivity (Wildman–Crippen MR) is 58.6 cm³/mol. The fraction of sp³-hybridized carbons (Fsp3) is 0.286. The highest BCUT2D eigenvalue weighted by Gasteiger charge is 2.03. The lowest BCUT2D eigenvalue weighted by molar-refractivity contribution is 0.795. The number of anilines is 1. The number of aryl methyl sites for hydroxylation is 1. The molecular formula is C7H8IN5. The molecule has 0 saturated heterocycles. The van der Waals surface area contributed by atoms with Gasteiger partial charge in [-0.1, -0.05) is 22.6 Å². The first kappa shape index (κ1) is 8.67. The number of hydrogen-bond donors (Lipinski definition) is 1. The molecule has 6 heteroatoms. The Morgan fingerprint density at radius 1 is 1.46 bits per heavy atom. The molecule has 0 saturated carbocycles. The van der Waals surface area contributed by atoms with E-state index < -0.39 is 0 Å². The van der Waals surface area contributed by atoms with Crippen LogP contribution in [0.2, 0.25) is 0 Å². The average molecular weight is 289 g/mol. The Hall–Kier alpha value is -0.920. The number of imidazole rings is 1. The highest BCUT2D eigenvalue weighted by molar-refractivity contribution is 14.1. The second-order valence-electron chi connectivity index (χ2n) is 2.56. The van der Waals surface area contributed by atoms with Crippen LogP contribution in [0.25, 0.3) is 11.2 Å². The lowest BCUT2D eigenvalue weighted by Crippen LogP contribution is -2.00. The number of fused-ring (bicyclic) bond motifs is 1. The van der Waals surface area contributed by atoms with E-state index in [1.165, 1.54) is 0 Å². The molecule has 0 radical (unpaired) electrons. The molecule has 2 aromatic heterocycles. The quantitative estimate of drug-likeness (QED) is 0.657. The van der Waals surface area contributed by atoms with Gasteiger partial charge in [0.05, 0.1) is 12.5 Å². The average Bonchev–Trinajstić information content (AvgIpc) is 2.49. The summed E-state index contributed by atoms with van der Waals surface area (Å²) in [5.41, 5.74) is 7.08. The van der Waals surface area contributed by atoms with Gasteiger partial charge in [-0.05, 0) is 0 Å². The van der Waals surface area contributed by atoms with Gasteiger partial charge in [0.15, 0.2) is 5.65 Å². The van der Waals surface area contributed by atoms with Crippen LogP contribution >= 0.6 is 22.6 Å². The first-order valence-corrected chi connectivity index (χ1v) is 5.33. The van der Waals surface area contributed by atoms with Gasteiger partial charge in [-0.15, -0.1) is 0 Å². The lowest BCUT2D eigenvalue weighted by Gasteiger charge is -1.98. The van der Waals surface area contributed by atoms with Crippen molar-refractivity contribution >= 4 is 39.7 Å². The summed E-state index contributed by atoms with van der Waals surface area (Å²) in [5.74, 6) is 0.294. The molecule has 68 valence electrons. The highest BCUT2D eigenvalue weighted by Crippen LogP contribution is 2.09. The third-order valence-corrected chi connectivity index (χ3v) is 2.18. The minimum atomic E-state index is 0.294. The number of aromatic nitrogens is 4. The van der Waals surface area contributed by atoms with Gasteiger partial charge in [-0.3, -0.25) is 0 Å². The summed E-state index contributed by atoms with van der Waals surface area (Å²) in [6.45, 7) is 0.896. The van der Waals surface area contributed by atoms with Crippen LogP contribution < -0.4 is 5.73 Å². The van der Waals surface area contributed by atoms with Crippen molar-refractivity contribution in [2.75, 3.05) is 10.2 Å². The first-order valence-electron chi connectivity index (χ1n) is 3.80. The molecule has 0 atom stereocenters. The molecule has 0 aliphatic carbocycles. The molecule has 0 aliphatic rings. The summed E-state index contributed by atoms with van der Waals surface area (Å²) in [6.07, 6.45) is 3.40. The van der Waals surface area contributed by atoms with E-state index in [2.05, 4.69) is 37.5 Å². The van der Waals surface area contributed by atoms with Gasteiger partial charge < -0.3 is 10.3 Å². The van der Waals surface area contributed by atoms with Crippen LogP contribution in [-0.2, 0) is 6.54 Å². The van der Waals surface area contributed by atoms with E-state index >= 15 is 0 Å². The van der Waals surface area contributed by atoms with Crippen molar-refractivity contribution in [1.29, 1.82) is 0 Å². The maximum absolute atomic E-state index is 5.48. The van der Waals surface area contributed by atoms with E-state index in [4.69, 9.17) is 5.73 Å². The molecule has 0 aliphatic heterocycles. The molecule has 0 spiro atoms. The summed E-state index contributed by atoms with van der Waals surface area (Å²) in [6, 6.07) is 0. The third-order valence-electron chi connectivity index (χ3n) is 1.70. The van der Waals surface area contributed by atoms with Crippen molar-refractivity contribution in [3.05, 3.63) is 12.5 Å². The SMILES string of the molecule is Nc1ncc2ncn(CCI)c2n1. The Kier molecular flexibility index (Phi) is 2.30. The molecule has 13 heavy (non-hydrogen) atoms. The lowest BCUT2D eigenvalue weighted by atomic mass is 10.5. The van der Waals surface area contributed by atoms with Gasteiger partial charge >= 0.3 is 0 Å². The Labute approximate surface area is 88.5 Å². The molecule has 2 N–H and O–H groups in total. The van der Waals surface area contributed by atoms with Crippen molar-refractivity contribution in [2.24, 2.45) is 0 Å². The van der Waals surface area contributed by atoms with E-state index in [0.717, 1.165) is 22.1 Å². The molecule has 0 unspecified atom stereocenters. The Morgan fingerprint density at radius 2 is 2.31 bits per heavy atom. The summed E-state index contributed by atoms with van der Waals surface area (Å²) < 4.78 is 2.99. The summed E-state index contributed by atoms with van der Waals surface area (Å²) in [7, 11) is 0. The number of hydrogen-bond acceptors (Lipinski definition) is 4. The Bertz CT molecular complexity index is 424. The largest absolute Gasteiger partial charge is 0.368 e. The zero-order valence-corrected chi connectivity index (χ0v) is 8.97. The van der Waals surface area contributed by atoms with E-state index in [9.17, 15) is 0 Å². The first-order chi connectivity index (χ1) is 6.31. The predicted octanol–water partition coefficient (Wildman–Crippen LogP) is 0.844. The number of alkyl halides is 1. The second-order valence-corrected chi connectivity index (χ2v) is 3.64. The number of nitrogens with zero attached hydrogens (tertiary/aromatic N) is 4. The number of nitrogen functional groups attached to an aromatic ring is 1. The van der Waals surface area contributed by atoms with Gasteiger partial charge in [-0.25, -0.2) is 9.97 Å². The van der Waals surface area contributed by atoms with Crippen LogP contribution in [0.15, 0.2) is 12.5 Å². The standard InChI is InChI=1S/C7H8IN5/c8-1-2-13-4-11-5-3-10-7(9)12-6(5)13/h3-4H,1-2H2,(H2,9,10,12). The molecule has 0 bridgehead atoms. The summed E-state index contributed by atoms with van der Waals surface area (Å²) in [4.78, 5) is 12.1. The van der Waals surface area contributed by atoms with Crippen molar-refractivity contribution in [3.63, 3.8) is 0 Å². The van der Waals surface area contributed by atoms with Gasteiger partial charge in [0.25, 0.3) is 0 Å². The molecular weight excluding hydrogens is 281 g/mol. The minimum absolute atomic E-state index is 0.294. The van der Waals surface area contributed by atoms with Crippen LogP contribution in [-0.4, -0.2) is 23.9 Å². The number of halogens is 1. The van der Waals surface area contributed by atoms with Gasteiger partial charge in [0.2, 0.25) is 5.95 Å². The fourth-order valence-electron chi connectivity index (χ4n) is 1.12. The maximum Gasteiger partial charge on any atom is 0.222 e. The van der Waals surface area contributed by atoms with E-state index in [1.807, 2.05) is 4.57 Å². The maximum atomic E-state index is 5.48. The third kappa shape index (κ3) is 1.58. The molecule has 2 rings (SSSR count). The van der Waals surface area contributed by atoms with Gasteiger partial charge in [0, 0.05) is 11.0 Å². The summed E-state index contributed by atoms with van der Waals surface area (Å²) in [5, 5.41) is 0. The highest BCUT2D eigenvalue weighted by atomic mass is 127. The van der Waals surface area contributed by atoms with E-state index in [0.29, 0.717) is 5.95 Å². The van der Waals surface area contributed by atoms with Crippen molar-refractivity contribution in [1.82, 2.24) is 19.5 Å². The minimum Gasteiger partial charge on any atom is -0.368 e. The van der Waals surface area contributed by atoms with Crippen LogP contribution in [0.1, 0.15) is 0 Å². The molecule has 5 nitrogen and oxygen atoms in total. The van der Waals surface area contributed by atoms with E-state index in [1.54, 1.807) is 12.5 Å². The van der Waals surface area contributed by atoms with Gasteiger partial charge in [0.1, 0.15) is 5.52 Å². The van der Waals surface area contributed by atoms with Crippen molar-refractivity contribution in [2.45, 2.75) is 6.54 Å². The summed E-state index contributed by atoms with van der Waals surface area (Å²) >= 11 is 2.31. The van der Waals surface area contributed by atoms with Crippen molar-refractivity contribution < 1.29 is 0 Å². The van der Waals surface area contributed by atoms with Crippen LogP contribution in [0, 0.1) is 0 Å². The number of nitrogens with two attached hydrogens (primary N) is 1. The normalized spacial score (nSPS) is 10.8. The molecule has 2 heterocycles. The topological polar surface area (TPSA) is 69.6 Å². The Balaban J connectivity index is 2.58. The van der Waals surface area contributed by atoms with E-state index in [-0.39, 0.29) is 0 Å². The molecule has 2 aromatic rings. The second kappa shape index (κ2) is 3.44. The monoisotopic (exact) mass is 289 g/mol. The van der Waals surface area contributed by atoms with Crippen LogP contribution in [0.5, 0.6) is 0 Å². The zero-order chi connectivity index (χ0) is 9.26. The van der Waals surface area contributed by atoms with Crippen LogP contribution in [0.4, 0.5) is 5.95 Å². The molecule has 0 amide bonds. The molecule has 0 fully saturated rings. The van der Waals surface area contributed by atoms with Crippen molar-refractivity contribution in [3.8, 4) is 0 Å². The fourth-order valence-corrected chi connectivity index (χ4v) is 1.64. The number of rotatable bonds is 2. The van der Waals surface area contributed by atoms with Gasteiger partial charge in [-0.2, -0.15) is 4.98 Å². The Morgan fingerprint density at radius 3 is 3.08 bits per heavy atom. The van der Waals surface area contributed by atoms with Crippen LogP contribution in [0.3, 0.4) is 0 Å².